The van der Waals surface area contributed by atoms with E-state index < -0.39 is 0 Å². The minimum atomic E-state index is 0.294. The molecule has 0 radical (unpaired) electrons. The number of hydrogen-bond donors (Lipinski definition) is 1. The second kappa shape index (κ2) is 6.42. The standard InChI is InChI=1S/C19H21NS/c1-3-11-20-19(16-9-6-7-14(2)12-16)18-13-15-8-4-5-10-17(15)21-18/h4-10,12-13,19-20H,3,11H2,1-2H3. The molecule has 1 heterocycles. The molecule has 0 spiro atoms. The van der Waals surface area contributed by atoms with Crippen LogP contribution in [0.15, 0.2) is 54.6 Å². The second-order valence-corrected chi connectivity index (χ2v) is 6.60. The topological polar surface area (TPSA) is 12.0 Å². The third-order valence-electron chi connectivity index (χ3n) is 3.70. The molecule has 1 aromatic heterocycles. The van der Waals surface area contributed by atoms with Crippen molar-refractivity contribution in [3.05, 3.63) is 70.6 Å². The van der Waals surface area contributed by atoms with E-state index in [-0.39, 0.29) is 0 Å². The van der Waals surface area contributed by atoms with Crippen molar-refractivity contribution in [1.82, 2.24) is 5.32 Å². The summed E-state index contributed by atoms with van der Waals surface area (Å²) in [5.41, 5.74) is 2.67. The summed E-state index contributed by atoms with van der Waals surface area (Å²) in [4.78, 5) is 1.40. The maximum atomic E-state index is 3.70. The Morgan fingerprint density at radius 1 is 1.05 bits per heavy atom. The highest BCUT2D eigenvalue weighted by Crippen LogP contribution is 2.33. The van der Waals surface area contributed by atoms with E-state index in [1.54, 1.807) is 0 Å². The molecule has 0 saturated carbocycles. The van der Waals surface area contributed by atoms with Gasteiger partial charge in [0.15, 0.2) is 0 Å². The van der Waals surface area contributed by atoms with Crippen molar-refractivity contribution in [2.75, 3.05) is 6.54 Å². The Bertz CT molecular complexity index is 696. The molecule has 0 aliphatic carbocycles. The van der Waals surface area contributed by atoms with Gasteiger partial charge in [0.1, 0.15) is 0 Å². The normalized spacial score (nSPS) is 12.7. The lowest BCUT2D eigenvalue weighted by molar-refractivity contribution is 0.606. The number of nitrogens with one attached hydrogen (secondary N) is 1. The highest BCUT2D eigenvalue weighted by Gasteiger charge is 2.16. The van der Waals surface area contributed by atoms with Crippen LogP contribution in [0.4, 0.5) is 0 Å². The van der Waals surface area contributed by atoms with Gasteiger partial charge < -0.3 is 5.32 Å². The molecular weight excluding hydrogens is 274 g/mol. The molecule has 1 nitrogen and oxygen atoms in total. The van der Waals surface area contributed by atoms with Gasteiger partial charge in [-0.05, 0) is 43.0 Å². The molecule has 108 valence electrons. The molecule has 0 amide bonds. The van der Waals surface area contributed by atoms with Crippen LogP contribution in [-0.2, 0) is 0 Å². The SMILES string of the molecule is CCCNC(c1cccc(C)c1)c1cc2ccccc2s1. The van der Waals surface area contributed by atoms with Crippen molar-refractivity contribution < 1.29 is 0 Å². The van der Waals surface area contributed by atoms with Gasteiger partial charge in [-0.15, -0.1) is 11.3 Å². The van der Waals surface area contributed by atoms with Crippen molar-refractivity contribution in [2.45, 2.75) is 26.3 Å². The van der Waals surface area contributed by atoms with Crippen LogP contribution in [0.25, 0.3) is 10.1 Å². The third kappa shape index (κ3) is 3.17. The van der Waals surface area contributed by atoms with Gasteiger partial charge in [-0.1, -0.05) is 55.0 Å². The lowest BCUT2D eigenvalue weighted by Gasteiger charge is -2.18. The quantitative estimate of drug-likeness (QED) is 0.673. The maximum absolute atomic E-state index is 3.70. The number of aryl methyl sites for hydroxylation is 1. The van der Waals surface area contributed by atoms with Gasteiger partial charge >= 0.3 is 0 Å². The Hall–Kier alpha value is -1.64. The summed E-state index contributed by atoms with van der Waals surface area (Å²) in [5.74, 6) is 0. The van der Waals surface area contributed by atoms with E-state index in [4.69, 9.17) is 0 Å². The van der Waals surface area contributed by atoms with Crippen molar-refractivity contribution in [3.63, 3.8) is 0 Å². The lowest BCUT2D eigenvalue weighted by Crippen LogP contribution is -2.22. The van der Waals surface area contributed by atoms with Crippen LogP contribution in [-0.4, -0.2) is 6.54 Å². The van der Waals surface area contributed by atoms with E-state index in [9.17, 15) is 0 Å². The van der Waals surface area contributed by atoms with Crippen molar-refractivity contribution in [3.8, 4) is 0 Å². The van der Waals surface area contributed by atoms with Crippen LogP contribution in [0.5, 0.6) is 0 Å². The fraction of sp³-hybridized carbons (Fsp3) is 0.263. The second-order valence-electron chi connectivity index (χ2n) is 5.49. The van der Waals surface area contributed by atoms with Crippen LogP contribution in [0.2, 0.25) is 0 Å². The zero-order chi connectivity index (χ0) is 14.7. The smallest absolute Gasteiger partial charge is 0.0671 e. The molecule has 2 aromatic carbocycles. The minimum Gasteiger partial charge on any atom is -0.306 e. The van der Waals surface area contributed by atoms with Crippen LogP contribution in [0.3, 0.4) is 0 Å². The number of benzene rings is 2. The molecule has 2 heteroatoms. The highest BCUT2D eigenvalue weighted by molar-refractivity contribution is 7.19. The summed E-state index contributed by atoms with van der Waals surface area (Å²) in [7, 11) is 0. The van der Waals surface area contributed by atoms with Gasteiger partial charge in [-0.25, -0.2) is 0 Å². The van der Waals surface area contributed by atoms with Gasteiger partial charge in [0.2, 0.25) is 0 Å². The molecule has 3 aromatic rings. The summed E-state index contributed by atoms with van der Waals surface area (Å²) in [6.07, 6.45) is 1.15. The van der Waals surface area contributed by atoms with Crippen LogP contribution < -0.4 is 5.32 Å². The molecule has 0 bridgehead atoms. The number of thiophene rings is 1. The first kappa shape index (κ1) is 14.3. The predicted molar refractivity (Wildman–Crippen MR) is 93.1 cm³/mol. The third-order valence-corrected chi connectivity index (χ3v) is 4.88. The predicted octanol–water partition coefficient (Wildman–Crippen LogP) is 5.30. The van der Waals surface area contributed by atoms with E-state index in [1.807, 2.05) is 11.3 Å². The zero-order valence-corrected chi connectivity index (χ0v) is 13.4. The minimum absolute atomic E-state index is 0.294. The summed E-state index contributed by atoms with van der Waals surface area (Å²) in [6.45, 7) is 5.41. The Morgan fingerprint density at radius 2 is 1.90 bits per heavy atom. The van der Waals surface area contributed by atoms with Crippen molar-refractivity contribution in [2.24, 2.45) is 0 Å². The number of rotatable bonds is 5. The molecule has 0 aliphatic rings. The average Bonchev–Trinajstić information content (AvgIpc) is 2.91. The van der Waals surface area contributed by atoms with E-state index in [0.717, 1.165) is 13.0 Å². The Labute approximate surface area is 130 Å². The fourth-order valence-electron chi connectivity index (χ4n) is 2.67. The number of fused-ring (bicyclic) bond motifs is 1. The lowest BCUT2D eigenvalue weighted by atomic mass is 10.0. The number of hydrogen-bond acceptors (Lipinski definition) is 2. The largest absolute Gasteiger partial charge is 0.306 e. The summed E-state index contributed by atoms with van der Waals surface area (Å²) in [5, 5.41) is 5.04. The van der Waals surface area contributed by atoms with Crippen LogP contribution in [0.1, 0.15) is 35.4 Å². The molecule has 1 atom stereocenters. The van der Waals surface area contributed by atoms with Gasteiger partial charge in [0.25, 0.3) is 0 Å². The summed E-state index contributed by atoms with van der Waals surface area (Å²) >= 11 is 1.89. The first-order valence-corrected chi connectivity index (χ1v) is 8.38. The van der Waals surface area contributed by atoms with E-state index in [1.165, 1.54) is 26.1 Å². The van der Waals surface area contributed by atoms with Gasteiger partial charge in [-0.2, -0.15) is 0 Å². The highest BCUT2D eigenvalue weighted by atomic mass is 32.1. The maximum Gasteiger partial charge on any atom is 0.0671 e. The molecule has 0 fully saturated rings. The van der Waals surface area contributed by atoms with Crippen molar-refractivity contribution >= 4 is 21.4 Å². The van der Waals surface area contributed by atoms with Gasteiger partial charge in [-0.3, -0.25) is 0 Å². The summed E-state index contributed by atoms with van der Waals surface area (Å²) in [6, 6.07) is 20.1. The molecule has 3 rings (SSSR count). The molecule has 0 saturated heterocycles. The van der Waals surface area contributed by atoms with E-state index in [0.29, 0.717) is 6.04 Å². The monoisotopic (exact) mass is 295 g/mol. The fourth-order valence-corrected chi connectivity index (χ4v) is 3.83. The van der Waals surface area contributed by atoms with Crippen LogP contribution >= 0.6 is 11.3 Å². The summed E-state index contributed by atoms with van der Waals surface area (Å²) < 4.78 is 1.36. The molecule has 1 N–H and O–H groups in total. The Morgan fingerprint density at radius 3 is 2.67 bits per heavy atom. The average molecular weight is 295 g/mol. The van der Waals surface area contributed by atoms with E-state index >= 15 is 0 Å². The molecule has 21 heavy (non-hydrogen) atoms. The van der Waals surface area contributed by atoms with Gasteiger partial charge in [0.05, 0.1) is 6.04 Å². The molecule has 1 unspecified atom stereocenters. The van der Waals surface area contributed by atoms with Crippen molar-refractivity contribution in [1.29, 1.82) is 0 Å². The Balaban J connectivity index is 2.02. The first-order valence-electron chi connectivity index (χ1n) is 7.56. The first-order chi connectivity index (χ1) is 10.3. The molecular formula is C19H21NS. The Kier molecular flexibility index (Phi) is 4.37. The molecule has 0 aliphatic heterocycles. The van der Waals surface area contributed by atoms with Crippen LogP contribution in [0, 0.1) is 6.92 Å². The van der Waals surface area contributed by atoms with Gasteiger partial charge in [0, 0.05) is 9.58 Å². The zero-order valence-electron chi connectivity index (χ0n) is 12.6. The van der Waals surface area contributed by atoms with E-state index in [2.05, 4.69) is 73.8 Å².